The molecule has 1 saturated carbocycles. The summed E-state index contributed by atoms with van der Waals surface area (Å²) in [7, 11) is 4.69. The second-order valence-corrected chi connectivity index (χ2v) is 26.0. The van der Waals surface area contributed by atoms with Gasteiger partial charge in [-0.3, -0.25) is 19.2 Å². The van der Waals surface area contributed by atoms with Crippen molar-refractivity contribution >= 4 is 47.3 Å². The largest absolute Gasteiger partial charge is 0.460 e. The number of ketones is 2. The van der Waals surface area contributed by atoms with E-state index in [0.717, 1.165) is 5.57 Å². The normalized spacial score (nSPS) is 33.6. The van der Waals surface area contributed by atoms with Gasteiger partial charge < -0.3 is 69.1 Å². The van der Waals surface area contributed by atoms with E-state index in [-0.39, 0.29) is 49.6 Å². The first-order chi connectivity index (χ1) is 44.0. The average molecular weight is 1280 g/mol. The lowest BCUT2D eigenvalue weighted by Gasteiger charge is -2.43. The fraction of sp³-hybridized carbons (Fsp3) is 0.676. The van der Waals surface area contributed by atoms with Crippen molar-refractivity contribution < 1.29 is 72.5 Å². The standard InChI is InChI=1S/C68H101N9O15/c1-12-69-62(82)50-39-72-66(73-40-50)76-28-26-75(27-29-76)65-70-36-49(37-71-65)38-74-67(85)91-53-24-22-48(33-57(53)89-11)32-44(5)56-35-55(88-10)43(4)31-46(7)59(79)60(80)58(78)45(6)30-41(2)18-14-13-15-19-42(3)54(87-9)34-51-23-21-47(8)68(86,92-51)61(81)63(83)77-25-17-16-20-52(77)64(84)90-56/h13-15,18-19,31,36-37,39-41,43-45,47-48,51-57,59-60,79-80,86H,12,16-17,20-30,32-35,38H2,1-11H3,(H,69,82)(H,74,85)/b15-13+,18-14+,42-19+,46-31+/t41-,43-,44-,45-,47-,48+,51+,52+,53-,54+,55-,56+,57-,59-,60+,68-/m1/s1. The number of nitrogens with zero attached hydrogens (tertiary/aromatic N) is 7. The number of amides is 3. The van der Waals surface area contributed by atoms with Gasteiger partial charge in [-0.15, -0.1) is 0 Å². The van der Waals surface area contributed by atoms with E-state index in [1.165, 1.54) is 24.4 Å². The van der Waals surface area contributed by atoms with E-state index >= 15 is 0 Å². The number of methoxy groups -OCH3 is 3. The molecule has 0 spiro atoms. The van der Waals surface area contributed by atoms with Gasteiger partial charge in [0.15, 0.2) is 5.78 Å². The Morgan fingerprint density at radius 2 is 1.40 bits per heavy atom. The van der Waals surface area contributed by atoms with Gasteiger partial charge in [-0.05, 0) is 114 Å². The smallest absolute Gasteiger partial charge is 0.407 e. The highest BCUT2D eigenvalue weighted by atomic mass is 16.6. The summed E-state index contributed by atoms with van der Waals surface area (Å²) in [6.45, 7) is 17.9. The molecule has 508 valence electrons. The van der Waals surface area contributed by atoms with E-state index < -0.39 is 108 Å². The minimum atomic E-state index is -2.46. The molecule has 5 N–H and O–H groups in total. The number of nitrogens with one attached hydrogen (secondary N) is 2. The topological polar surface area (TPSA) is 304 Å². The maximum atomic E-state index is 14.8. The molecular weight excluding hydrogens is 1180 g/mol. The van der Waals surface area contributed by atoms with Crippen LogP contribution < -0.4 is 20.4 Å². The first-order valence-electron chi connectivity index (χ1n) is 33.0. The van der Waals surface area contributed by atoms with Crippen LogP contribution in [0.4, 0.5) is 16.7 Å². The molecule has 24 nitrogen and oxygen atoms in total. The molecule has 3 saturated heterocycles. The number of carbonyl (C=O) groups is 6. The number of ether oxygens (including phenoxy) is 6. The number of Topliss-reactive ketones (excluding diaryl/α,β-unsaturated/α-hetero) is 2. The van der Waals surface area contributed by atoms with Crippen molar-refractivity contribution in [3.63, 3.8) is 0 Å². The molecule has 2 bridgehead atoms. The molecule has 4 fully saturated rings. The number of aliphatic hydroxyl groups is 3. The van der Waals surface area contributed by atoms with E-state index in [0.29, 0.717) is 126 Å². The Kier molecular flexibility index (Phi) is 27.4. The number of aliphatic hydroxyl groups excluding tert-OH is 2. The molecule has 7 rings (SSSR count). The van der Waals surface area contributed by atoms with Crippen LogP contribution in [0.25, 0.3) is 0 Å². The van der Waals surface area contributed by atoms with Gasteiger partial charge in [0.25, 0.3) is 17.6 Å². The SMILES string of the molecule is CCNC(=O)c1cnc(N2CCN(c3ncc(CNC(=O)O[C@@H]4CC[C@@H](C[C@@H](C)[C@@H]5C[C@@H](OC)[C@H](C)/C=C(\C)[C@@H](O)[C@@H](O)C(=O)[C@H](C)C[C@H](C)/C=C/C=C/C=C(\C)[C@@H](OC)C[C@@H]6CC[C@@H](C)[C@@](O)(O6)C(=O)C(=O)N6CCCC[C@H]6C(=O)O5)C[C@H]4OC)cn3)CC2)nc1. The highest BCUT2D eigenvalue weighted by Gasteiger charge is 2.53. The minimum Gasteiger partial charge on any atom is -0.460 e. The molecule has 92 heavy (non-hydrogen) atoms. The summed E-state index contributed by atoms with van der Waals surface area (Å²) in [5, 5.41) is 40.4. The molecule has 2 aromatic rings. The molecular formula is C68H101N9O15. The Morgan fingerprint density at radius 1 is 0.739 bits per heavy atom. The Labute approximate surface area is 542 Å². The van der Waals surface area contributed by atoms with Crippen molar-refractivity contribution in [2.24, 2.45) is 35.5 Å². The van der Waals surface area contributed by atoms with E-state index in [4.69, 9.17) is 28.4 Å². The number of esters is 1. The summed E-state index contributed by atoms with van der Waals surface area (Å²) in [6, 6.07) is -1.15. The van der Waals surface area contributed by atoms with Crippen LogP contribution in [0.3, 0.4) is 0 Å². The Hall–Kier alpha value is -6.54. The molecule has 5 aliphatic rings. The highest BCUT2D eigenvalue weighted by Crippen LogP contribution is 2.39. The molecule has 0 aromatic carbocycles. The first-order valence-corrected chi connectivity index (χ1v) is 33.0. The lowest BCUT2D eigenvalue weighted by Crippen LogP contribution is -2.61. The van der Waals surface area contributed by atoms with Crippen LogP contribution in [0.1, 0.15) is 148 Å². The number of piperazine rings is 1. The van der Waals surface area contributed by atoms with Crippen molar-refractivity contribution in [3.05, 3.63) is 83.5 Å². The molecule has 3 amide bonds. The number of rotatable bonds is 13. The average Bonchev–Trinajstić information content (AvgIpc) is 0.795. The van der Waals surface area contributed by atoms with Crippen LogP contribution in [0, 0.1) is 35.5 Å². The summed E-state index contributed by atoms with van der Waals surface area (Å²) in [5.74, 6) is -7.00. The van der Waals surface area contributed by atoms with E-state index in [2.05, 4.69) is 35.5 Å². The Balaban J connectivity index is 1.02. The van der Waals surface area contributed by atoms with E-state index in [1.54, 1.807) is 53.5 Å². The zero-order valence-electron chi connectivity index (χ0n) is 55.7. The summed E-state index contributed by atoms with van der Waals surface area (Å²) < 4.78 is 36.7. The van der Waals surface area contributed by atoms with Crippen LogP contribution >= 0.6 is 0 Å². The van der Waals surface area contributed by atoms with Gasteiger partial charge in [0.1, 0.15) is 30.5 Å². The molecule has 0 unspecified atom stereocenters. The number of piperidine rings is 1. The number of cyclic esters (lactones) is 1. The third kappa shape index (κ3) is 19.3. The number of alkyl carbamates (subject to hydrolysis) is 1. The molecule has 16 atom stereocenters. The molecule has 6 heterocycles. The third-order valence-electron chi connectivity index (χ3n) is 19.1. The van der Waals surface area contributed by atoms with Crippen LogP contribution in [-0.2, 0) is 54.1 Å². The highest BCUT2D eigenvalue weighted by molar-refractivity contribution is 6.39. The quantitative estimate of drug-likeness (QED) is 0.0805. The van der Waals surface area contributed by atoms with Crippen LogP contribution in [-0.4, -0.2) is 197 Å². The van der Waals surface area contributed by atoms with Crippen molar-refractivity contribution in [2.75, 3.05) is 70.4 Å². The maximum Gasteiger partial charge on any atom is 0.407 e. The fourth-order valence-electron chi connectivity index (χ4n) is 13.4. The Morgan fingerprint density at radius 3 is 2.04 bits per heavy atom. The zero-order chi connectivity index (χ0) is 66.8. The third-order valence-corrected chi connectivity index (χ3v) is 19.1. The predicted octanol–water partition coefficient (Wildman–Crippen LogP) is 6.56. The number of hydrogen-bond donors (Lipinski definition) is 5. The zero-order valence-corrected chi connectivity index (χ0v) is 55.7. The van der Waals surface area contributed by atoms with Gasteiger partial charge in [-0.2, -0.15) is 0 Å². The number of hydrogen-bond acceptors (Lipinski definition) is 21. The lowest BCUT2D eigenvalue weighted by atomic mass is 9.78. The molecule has 1 aliphatic carbocycles. The van der Waals surface area contributed by atoms with Gasteiger partial charge >= 0.3 is 12.1 Å². The summed E-state index contributed by atoms with van der Waals surface area (Å²) >= 11 is 0. The van der Waals surface area contributed by atoms with Gasteiger partial charge in [0.2, 0.25) is 17.7 Å². The molecule has 2 aromatic heterocycles. The first kappa shape index (κ1) is 72.9. The number of anilines is 2. The van der Waals surface area contributed by atoms with Crippen molar-refractivity contribution in [1.29, 1.82) is 0 Å². The number of aromatic nitrogens is 4. The number of allylic oxidation sites excluding steroid dienone is 5. The second-order valence-electron chi connectivity index (χ2n) is 26.0. The second kappa shape index (κ2) is 34.6. The van der Waals surface area contributed by atoms with Gasteiger partial charge in [-0.1, -0.05) is 71.1 Å². The fourth-order valence-corrected chi connectivity index (χ4v) is 13.4. The van der Waals surface area contributed by atoms with Crippen LogP contribution in [0.5, 0.6) is 0 Å². The number of carbonyl (C=O) groups excluding carboxylic acids is 6. The molecule has 4 aliphatic heterocycles. The summed E-state index contributed by atoms with van der Waals surface area (Å²) in [5.41, 5.74) is 2.30. The van der Waals surface area contributed by atoms with Gasteiger partial charge in [0, 0.05) is 128 Å². The monoisotopic (exact) mass is 1280 g/mol. The molecule has 0 radical (unpaired) electrons. The van der Waals surface area contributed by atoms with Crippen molar-refractivity contribution in [2.45, 2.75) is 200 Å². The van der Waals surface area contributed by atoms with E-state index in [1.807, 2.05) is 69.9 Å². The maximum absolute atomic E-state index is 14.8. The van der Waals surface area contributed by atoms with Crippen molar-refractivity contribution in [3.8, 4) is 0 Å². The summed E-state index contributed by atoms with van der Waals surface area (Å²) in [4.78, 5) is 106. The molecule has 24 heteroatoms. The predicted molar refractivity (Wildman–Crippen MR) is 344 cm³/mol. The Bertz CT molecular complexity index is 2900. The summed E-state index contributed by atoms with van der Waals surface area (Å²) in [6.07, 6.45) is 15.6. The lowest BCUT2D eigenvalue weighted by molar-refractivity contribution is -0.265. The van der Waals surface area contributed by atoms with Crippen LogP contribution in [0.2, 0.25) is 0 Å². The van der Waals surface area contributed by atoms with E-state index in [9.17, 15) is 44.1 Å². The van der Waals surface area contributed by atoms with Crippen molar-refractivity contribution in [1.82, 2.24) is 35.5 Å². The van der Waals surface area contributed by atoms with Gasteiger partial charge in [-0.25, -0.2) is 29.5 Å². The minimum absolute atomic E-state index is 0.0317. The number of fused-ring (bicyclic) bond motifs is 3. The van der Waals surface area contributed by atoms with Gasteiger partial charge in [0.05, 0.1) is 30.0 Å². The van der Waals surface area contributed by atoms with Crippen LogP contribution in [0.15, 0.2) is 72.4 Å².